The van der Waals surface area contributed by atoms with E-state index in [4.69, 9.17) is 9.72 Å². The summed E-state index contributed by atoms with van der Waals surface area (Å²) >= 11 is 0. The van der Waals surface area contributed by atoms with E-state index in [1.165, 1.54) is 39.0 Å². The minimum atomic E-state index is -0.247. The predicted octanol–water partition coefficient (Wildman–Crippen LogP) is 16.0. The van der Waals surface area contributed by atoms with Gasteiger partial charge >= 0.3 is 0 Å². The van der Waals surface area contributed by atoms with Gasteiger partial charge in [0.15, 0.2) is 0 Å². The molecule has 0 amide bonds. The van der Waals surface area contributed by atoms with E-state index in [1.54, 1.807) is 0 Å². The van der Waals surface area contributed by atoms with Gasteiger partial charge < -0.3 is 4.74 Å². The second-order valence-electron chi connectivity index (χ2n) is 23.3. The maximum absolute atomic E-state index is 7.09. The van der Waals surface area contributed by atoms with E-state index < -0.39 is 0 Å². The van der Waals surface area contributed by atoms with Crippen molar-refractivity contribution in [1.29, 1.82) is 0 Å². The number of imidazole rings is 1. The molecule has 0 spiro atoms. The van der Waals surface area contributed by atoms with E-state index in [-0.39, 0.29) is 27.1 Å². The average Bonchev–Trinajstić information content (AvgIpc) is 3.87. The van der Waals surface area contributed by atoms with Crippen molar-refractivity contribution >= 4 is 21.8 Å². The Balaban J connectivity index is 1.23. The summed E-state index contributed by atoms with van der Waals surface area (Å²) in [5.74, 6) is 2.35. The second kappa shape index (κ2) is 16.8. The number of aromatic nitrogens is 4. The highest BCUT2D eigenvalue weighted by atomic mass is 16.5. The van der Waals surface area contributed by atoms with Crippen LogP contribution in [-0.2, 0) is 27.1 Å². The second-order valence-corrected chi connectivity index (χ2v) is 23.3. The molecule has 0 bridgehead atoms. The standard InChI is InChI=1S/C63H68N4O/c1-59(2,3)46-35-47(60(4,5)6)37-49(36-46)66-41-65(57(61(7,8)9)58(66)62(10,11)12)48-33-43(42-23-17-15-18-24-42)34-51(39-48)68-50-29-30-53-52-27-21-22-28-54(52)67(55(53)40-50)56-38-45(31-32-64-56)63(13,14)44-25-19-16-20-26-44/h15-40H,1-14H3. The van der Waals surface area contributed by atoms with Crippen LogP contribution < -0.4 is 9.30 Å². The van der Waals surface area contributed by atoms with E-state index in [2.05, 4.69) is 269 Å². The Hall–Kier alpha value is -6.72. The van der Waals surface area contributed by atoms with Crippen molar-refractivity contribution in [3.8, 4) is 39.8 Å². The molecule has 0 aliphatic carbocycles. The fraction of sp³-hybridized carbons (Fsp3) is 0.302. The molecule has 0 unspecified atom stereocenters. The molecule has 9 aromatic rings. The van der Waals surface area contributed by atoms with Gasteiger partial charge in [-0.25, -0.2) is 4.98 Å². The molecule has 5 nitrogen and oxygen atoms in total. The van der Waals surface area contributed by atoms with E-state index in [1.807, 2.05) is 6.20 Å². The number of hydrogen-bond donors (Lipinski definition) is 0. The molecular formula is C63H68N4O. The number of ether oxygens (including phenoxy) is 1. The Labute approximate surface area is 405 Å². The Morgan fingerprint density at radius 1 is 0.471 bits per heavy atom. The summed E-state index contributed by atoms with van der Waals surface area (Å²) in [4.78, 5) is 5.02. The lowest BCUT2D eigenvalue weighted by Gasteiger charge is -2.31. The first-order chi connectivity index (χ1) is 32.0. The summed E-state index contributed by atoms with van der Waals surface area (Å²) < 4.78 is 14.0. The van der Waals surface area contributed by atoms with Crippen molar-refractivity contribution in [3.63, 3.8) is 0 Å². The number of pyridine rings is 1. The summed E-state index contributed by atoms with van der Waals surface area (Å²) in [7, 11) is 0. The van der Waals surface area contributed by atoms with Crippen LogP contribution in [0.1, 0.15) is 131 Å². The van der Waals surface area contributed by atoms with E-state index >= 15 is 0 Å². The van der Waals surface area contributed by atoms with Crippen molar-refractivity contribution in [1.82, 2.24) is 14.1 Å². The van der Waals surface area contributed by atoms with Gasteiger partial charge in [0.05, 0.1) is 33.8 Å². The molecule has 5 heteroatoms. The van der Waals surface area contributed by atoms with Crippen LogP contribution in [-0.4, -0.2) is 14.1 Å². The first-order valence-corrected chi connectivity index (χ1v) is 24.2. The van der Waals surface area contributed by atoms with Gasteiger partial charge in [-0.15, -0.1) is 0 Å². The molecule has 0 fully saturated rings. The zero-order chi connectivity index (χ0) is 48.6. The largest absolute Gasteiger partial charge is 0.458 e. The molecule has 0 radical (unpaired) electrons. The zero-order valence-corrected chi connectivity index (χ0v) is 42.7. The first kappa shape index (κ1) is 46.4. The maximum Gasteiger partial charge on any atom is 0.269 e. The molecule has 6 aromatic carbocycles. The lowest BCUT2D eigenvalue weighted by molar-refractivity contribution is -0.611. The Morgan fingerprint density at radius 3 is 1.72 bits per heavy atom. The van der Waals surface area contributed by atoms with Crippen molar-refractivity contribution < 1.29 is 9.30 Å². The molecule has 0 aliphatic rings. The van der Waals surface area contributed by atoms with Gasteiger partial charge in [-0.2, -0.15) is 0 Å². The Bertz CT molecular complexity index is 3270. The van der Waals surface area contributed by atoms with Gasteiger partial charge in [-0.05, 0) is 116 Å². The summed E-state index contributed by atoms with van der Waals surface area (Å²) in [6, 6.07) is 54.5. The van der Waals surface area contributed by atoms with Crippen molar-refractivity contribution in [2.75, 3.05) is 0 Å². The number of fused-ring (bicyclic) bond motifs is 3. The Morgan fingerprint density at radius 2 is 1.09 bits per heavy atom. The highest BCUT2D eigenvalue weighted by Gasteiger charge is 2.35. The normalized spacial score (nSPS) is 12.9. The van der Waals surface area contributed by atoms with Gasteiger partial charge in [0, 0.05) is 28.5 Å². The molecular weight excluding hydrogens is 829 g/mol. The zero-order valence-electron chi connectivity index (χ0n) is 42.7. The molecule has 346 valence electrons. The monoisotopic (exact) mass is 897 g/mol. The van der Waals surface area contributed by atoms with Crippen LogP contribution in [0, 0.1) is 6.33 Å². The number of para-hydroxylation sites is 1. The van der Waals surface area contributed by atoms with Crippen molar-refractivity contribution in [3.05, 3.63) is 198 Å². The van der Waals surface area contributed by atoms with Gasteiger partial charge in [-0.1, -0.05) is 182 Å². The van der Waals surface area contributed by atoms with Gasteiger partial charge in [0.1, 0.15) is 17.3 Å². The van der Waals surface area contributed by atoms with Crippen LogP contribution in [0.3, 0.4) is 0 Å². The molecule has 68 heavy (non-hydrogen) atoms. The first-order valence-electron chi connectivity index (χ1n) is 24.2. The topological polar surface area (TPSA) is 35.9 Å². The lowest BCUT2D eigenvalue weighted by Crippen LogP contribution is -2.41. The fourth-order valence-electron chi connectivity index (χ4n) is 9.69. The van der Waals surface area contributed by atoms with E-state index in [0.29, 0.717) is 0 Å². The highest BCUT2D eigenvalue weighted by Crippen LogP contribution is 2.41. The summed E-state index contributed by atoms with van der Waals surface area (Å²) in [5.41, 5.74) is 13.1. The number of hydrogen-bond acceptors (Lipinski definition) is 2. The van der Waals surface area contributed by atoms with Crippen LogP contribution in [0.15, 0.2) is 158 Å². The Kier molecular flexibility index (Phi) is 11.5. The average molecular weight is 897 g/mol. The van der Waals surface area contributed by atoms with E-state index in [0.717, 1.165) is 56.2 Å². The summed E-state index contributed by atoms with van der Waals surface area (Å²) in [6.45, 7) is 32.3. The third-order valence-electron chi connectivity index (χ3n) is 13.5. The molecule has 0 atom stereocenters. The van der Waals surface area contributed by atoms with Crippen LogP contribution in [0.2, 0.25) is 0 Å². The molecule has 0 N–H and O–H groups in total. The number of nitrogens with zero attached hydrogens (tertiary/aromatic N) is 4. The van der Waals surface area contributed by atoms with Crippen molar-refractivity contribution in [2.24, 2.45) is 0 Å². The minimum absolute atomic E-state index is 0.0403. The minimum Gasteiger partial charge on any atom is -0.458 e. The van der Waals surface area contributed by atoms with Crippen LogP contribution in [0.5, 0.6) is 11.5 Å². The molecule has 0 aliphatic heterocycles. The lowest BCUT2D eigenvalue weighted by atomic mass is 9.78. The quantitative estimate of drug-likeness (QED) is 0.113. The van der Waals surface area contributed by atoms with Crippen LogP contribution >= 0.6 is 0 Å². The van der Waals surface area contributed by atoms with Crippen LogP contribution in [0.4, 0.5) is 0 Å². The third kappa shape index (κ3) is 8.80. The molecule has 0 saturated carbocycles. The molecule has 3 aromatic heterocycles. The SMILES string of the molecule is CC(C)(C)c1cc(-[n+]2[c-]n(-c3cc(Oc4ccc5c6ccccc6n(-c6cc(C(C)(C)c7ccccc7)ccn6)c5c4)cc(-c4ccccc4)c3)c(C(C)(C)C)c2C(C)(C)C)cc(C(C)(C)C)c1. The smallest absolute Gasteiger partial charge is 0.269 e. The number of rotatable bonds is 8. The molecule has 9 rings (SSSR count). The van der Waals surface area contributed by atoms with Crippen LogP contribution in [0.25, 0.3) is 50.1 Å². The molecule has 3 heterocycles. The fourth-order valence-corrected chi connectivity index (χ4v) is 9.69. The summed E-state index contributed by atoms with van der Waals surface area (Å²) in [6.07, 6.45) is 5.92. The summed E-state index contributed by atoms with van der Waals surface area (Å²) in [5, 5.41) is 2.31. The third-order valence-corrected chi connectivity index (χ3v) is 13.5. The highest BCUT2D eigenvalue weighted by molar-refractivity contribution is 6.09. The predicted molar refractivity (Wildman–Crippen MR) is 284 cm³/mol. The molecule has 0 saturated heterocycles. The van der Waals surface area contributed by atoms with E-state index in [9.17, 15) is 0 Å². The number of benzene rings is 6. The van der Waals surface area contributed by atoms with Gasteiger partial charge in [0.25, 0.3) is 6.33 Å². The van der Waals surface area contributed by atoms with Gasteiger partial charge in [-0.3, -0.25) is 13.7 Å². The maximum atomic E-state index is 7.09. The van der Waals surface area contributed by atoms with Gasteiger partial charge in [0.2, 0.25) is 0 Å². The van der Waals surface area contributed by atoms with Crippen molar-refractivity contribution in [2.45, 2.75) is 124 Å².